The van der Waals surface area contributed by atoms with Crippen molar-refractivity contribution in [3.63, 3.8) is 0 Å². The molecule has 0 aromatic heterocycles. The molecule has 0 radical (unpaired) electrons. The third-order valence-corrected chi connectivity index (χ3v) is 2.60. The molecule has 14 heavy (non-hydrogen) atoms. The molecule has 1 aromatic rings. The van der Waals surface area contributed by atoms with Gasteiger partial charge >= 0.3 is 0 Å². The number of hydrogen-bond donors (Lipinski definition) is 2. The molecule has 0 saturated heterocycles. The van der Waals surface area contributed by atoms with Crippen LogP contribution in [0.15, 0.2) is 22.7 Å². The molecule has 0 fully saturated rings. The van der Waals surface area contributed by atoms with Crippen molar-refractivity contribution < 1.29 is 9.50 Å². The van der Waals surface area contributed by atoms with E-state index in [4.69, 9.17) is 10.8 Å². The molecule has 3 N–H and O–H groups in total. The maximum absolute atomic E-state index is 13.3. The molecule has 0 heterocycles. The standard InChI is InChI=1S/C10H13BrFNO/c11-9-1-2-10(12)8(4-9)3-7(5-13)6-14/h1-2,4,7,14H,3,5-6,13H2. The Labute approximate surface area is 91.1 Å². The van der Waals surface area contributed by atoms with Gasteiger partial charge in [-0.05, 0) is 42.6 Å². The van der Waals surface area contributed by atoms with Crippen LogP contribution in [0.25, 0.3) is 0 Å². The molecule has 78 valence electrons. The summed E-state index contributed by atoms with van der Waals surface area (Å²) in [6.07, 6.45) is 0.471. The SMILES string of the molecule is NCC(CO)Cc1cc(Br)ccc1F. The van der Waals surface area contributed by atoms with E-state index >= 15 is 0 Å². The lowest BCUT2D eigenvalue weighted by Gasteiger charge is -2.11. The highest BCUT2D eigenvalue weighted by Gasteiger charge is 2.10. The average Bonchev–Trinajstić information content (AvgIpc) is 2.19. The molecule has 1 rings (SSSR count). The Hall–Kier alpha value is -0.450. The second-order valence-corrected chi connectivity index (χ2v) is 4.14. The van der Waals surface area contributed by atoms with Crippen LogP contribution in [0.2, 0.25) is 0 Å². The summed E-state index contributed by atoms with van der Waals surface area (Å²) in [6, 6.07) is 4.77. The summed E-state index contributed by atoms with van der Waals surface area (Å²) in [5.74, 6) is -0.320. The molecule has 0 saturated carbocycles. The minimum atomic E-state index is -0.250. The maximum Gasteiger partial charge on any atom is 0.126 e. The van der Waals surface area contributed by atoms with Gasteiger partial charge in [0.15, 0.2) is 0 Å². The van der Waals surface area contributed by atoms with Crippen molar-refractivity contribution in [3.05, 3.63) is 34.1 Å². The van der Waals surface area contributed by atoms with Crippen molar-refractivity contribution in [2.75, 3.05) is 13.2 Å². The Balaban J connectivity index is 2.79. The monoisotopic (exact) mass is 261 g/mol. The van der Waals surface area contributed by atoms with Crippen LogP contribution in [0.1, 0.15) is 5.56 Å². The number of benzene rings is 1. The predicted octanol–water partition coefficient (Wildman–Crippen LogP) is 1.70. The first-order valence-electron chi connectivity index (χ1n) is 4.42. The predicted molar refractivity (Wildman–Crippen MR) is 57.4 cm³/mol. The fraction of sp³-hybridized carbons (Fsp3) is 0.400. The molecular formula is C10H13BrFNO. The smallest absolute Gasteiger partial charge is 0.126 e. The van der Waals surface area contributed by atoms with Gasteiger partial charge in [0, 0.05) is 11.1 Å². The molecule has 1 atom stereocenters. The van der Waals surface area contributed by atoms with Gasteiger partial charge in [-0.2, -0.15) is 0 Å². The Morgan fingerprint density at radius 2 is 2.21 bits per heavy atom. The molecular weight excluding hydrogens is 249 g/mol. The van der Waals surface area contributed by atoms with E-state index in [1.807, 2.05) is 0 Å². The molecule has 0 aliphatic carbocycles. The highest BCUT2D eigenvalue weighted by Crippen LogP contribution is 2.18. The third kappa shape index (κ3) is 3.04. The summed E-state index contributed by atoms with van der Waals surface area (Å²) < 4.78 is 14.1. The van der Waals surface area contributed by atoms with E-state index in [9.17, 15) is 4.39 Å². The van der Waals surface area contributed by atoms with Crippen molar-refractivity contribution in [1.29, 1.82) is 0 Å². The summed E-state index contributed by atoms with van der Waals surface area (Å²) in [5, 5.41) is 8.93. The van der Waals surface area contributed by atoms with Gasteiger partial charge in [-0.25, -0.2) is 4.39 Å². The Kier molecular flexibility index (Phi) is 4.51. The number of aliphatic hydroxyl groups is 1. The molecule has 0 aliphatic heterocycles. The molecule has 1 unspecified atom stereocenters. The maximum atomic E-state index is 13.3. The van der Waals surface area contributed by atoms with Gasteiger partial charge < -0.3 is 10.8 Å². The normalized spacial score (nSPS) is 12.9. The van der Waals surface area contributed by atoms with Gasteiger partial charge in [0.2, 0.25) is 0 Å². The van der Waals surface area contributed by atoms with Gasteiger partial charge in [-0.3, -0.25) is 0 Å². The minimum Gasteiger partial charge on any atom is -0.396 e. The highest BCUT2D eigenvalue weighted by atomic mass is 79.9. The van der Waals surface area contributed by atoms with Crippen molar-refractivity contribution in [1.82, 2.24) is 0 Å². The van der Waals surface area contributed by atoms with Crippen LogP contribution >= 0.6 is 15.9 Å². The van der Waals surface area contributed by atoms with Crippen molar-refractivity contribution in [3.8, 4) is 0 Å². The molecule has 2 nitrogen and oxygen atoms in total. The van der Waals surface area contributed by atoms with E-state index in [0.29, 0.717) is 18.5 Å². The lowest BCUT2D eigenvalue weighted by Crippen LogP contribution is -2.20. The molecule has 0 bridgehead atoms. The van der Waals surface area contributed by atoms with E-state index < -0.39 is 0 Å². The quantitative estimate of drug-likeness (QED) is 0.867. The second kappa shape index (κ2) is 5.44. The summed E-state index contributed by atoms with van der Waals surface area (Å²) in [4.78, 5) is 0. The first kappa shape index (κ1) is 11.6. The molecule has 1 aromatic carbocycles. The number of hydrogen-bond acceptors (Lipinski definition) is 2. The average molecular weight is 262 g/mol. The first-order chi connectivity index (χ1) is 6.67. The number of aliphatic hydroxyl groups excluding tert-OH is 1. The number of halogens is 2. The lowest BCUT2D eigenvalue weighted by molar-refractivity contribution is 0.229. The summed E-state index contributed by atoms with van der Waals surface area (Å²) in [6.45, 7) is 0.352. The lowest BCUT2D eigenvalue weighted by atomic mass is 10.00. The van der Waals surface area contributed by atoms with E-state index in [1.54, 1.807) is 12.1 Å². The minimum absolute atomic E-state index is 0.0115. The summed E-state index contributed by atoms with van der Waals surface area (Å²) >= 11 is 3.27. The zero-order chi connectivity index (χ0) is 10.6. The van der Waals surface area contributed by atoms with Crippen molar-refractivity contribution in [2.24, 2.45) is 11.7 Å². The van der Waals surface area contributed by atoms with Crippen LogP contribution in [-0.2, 0) is 6.42 Å². The fourth-order valence-corrected chi connectivity index (χ4v) is 1.64. The zero-order valence-electron chi connectivity index (χ0n) is 7.71. The van der Waals surface area contributed by atoms with Gasteiger partial charge in [-0.1, -0.05) is 15.9 Å². The number of nitrogens with two attached hydrogens (primary N) is 1. The molecule has 4 heteroatoms. The first-order valence-corrected chi connectivity index (χ1v) is 5.21. The Morgan fingerprint density at radius 1 is 1.50 bits per heavy atom. The summed E-state index contributed by atoms with van der Waals surface area (Å²) in [5.41, 5.74) is 6.01. The van der Waals surface area contributed by atoms with E-state index in [2.05, 4.69) is 15.9 Å². The zero-order valence-corrected chi connectivity index (χ0v) is 9.30. The second-order valence-electron chi connectivity index (χ2n) is 3.22. The Bertz CT molecular complexity index is 302. The van der Waals surface area contributed by atoms with Gasteiger partial charge in [0.05, 0.1) is 0 Å². The van der Waals surface area contributed by atoms with Crippen molar-refractivity contribution >= 4 is 15.9 Å². The van der Waals surface area contributed by atoms with Gasteiger partial charge in [0.25, 0.3) is 0 Å². The van der Waals surface area contributed by atoms with Crippen LogP contribution < -0.4 is 5.73 Å². The van der Waals surface area contributed by atoms with E-state index in [0.717, 1.165) is 4.47 Å². The van der Waals surface area contributed by atoms with E-state index in [1.165, 1.54) is 6.07 Å². The van der Waals surface area contributed by atoms with Crippen molar-refractivity contribution in [2.45, 2.75) is 6.42 Å². The van der Waals surface area contributed by atoms with E-state index in [-0.39, 0.29) is 18.3 Å². The van der Waals surface area contributed by atoms with Crippen LogP contribution in [0.4, 0.5) is 4.39 Å². The van der Waals surface area contributed by atoms with Gasteiger partial charge in [0.1, 0.15) is 5.82 Å². The molecule has 0 aliphatic rings. The molecule has 0 spiro atoms. The topological polar surface area (TPSA) is 46.2 Å². The molecule has 0 amide bonds. The van der Waals surface area contributed by atoms with Crippen LogP contribution in [0, 0.1) is 11.7 Å². The van der Waals surface area contributed by atoms with Crippen LogP contribution in [-0.4, -0.2) is 18.3 Å². The highest BCUT2D eigenvalue weighted by molar-refractivity contribution is 9.10. The van der Waals surface area contributed by atoms with Crippen LogP contribution in [0.3, 0.4) is 0 Å². The largest absolute Gasteiger partial charge is 0.396 e. The number of rotatable bonds is 4. The third-order valence-electron chi connectivity index (χ3n) is 2.11. The van der Waals surface area contributed by atoms with Gasteiger partial charge in [-0.15, -0.1) is 0 Å². The van der Waals surface area contributed by atoms with Crippen LogP contribution in [0.5, 0.6) is 0 Å². The fourth-order valence-electron chi connectivity index (χ4n) is 1.23. The Morgan fingerprint density at radius 3 is 2.79 bits per heavy atom. The summed E-state index contributed by atoms with van der Waals surface area (Å²) in [7, 11) is 0.